The minimum Gasteiger partial charge on any atom is -0.379 e. The van der Waals surface area contributed by atoms with E-state index in [1.165, 1.54) is 30.8 Å². The Labute approximate surface area is 122 Å². The summed E-state index contributed by atoms with van der Waals surface area (Å²) in [5, 5.41) is 3.67. The minimum absolute atomic E-state index is 0.364. The van der Waals surface area contributed by atoms with Crippen LogP contribution in [-0.4, -0.2) is 50.0 Å². The second kappa shape index (κ2) is 7.87. The van der Waals surface area contributed by atoms with Crippen molar-refractivity contribution < 1.29 is 9.47 Å². The third-order valence-corrected chi connectivity index (χ3v) is 5.46. The van der Waals surface area contributed by atoms with Gasteiger partial charge in [-0.25, -0.2) is 0 Å². The fourth-order valence-electron chi connectivity index (χ4n) is 2.86. The standard InChI is InChI=1S/C15H29NO2S/c1-15(2)9-13(11-19-12-15)16-6-4-7-17-10-14-5-3-8-18-14/h13-14,16H,3-12H2,1-2H3. The molecule has 2 rings (SSSR count). The minimum atomic E-state index is 0.364. The lowest BCUT2D eigenvalue weighted by Gasteiger charge is -2.35. The van der Waals surface area contributed by atoms with Crippen LogP contribution in [0.1, 0.15) is 39.5 Å². The summed E-state index contributed by atoms with van der Waals surface area (Å²) < 4.78 is 11.2. The van der Waals surface area contributed by atoms with Crippen molar-refractivity contribution in [3.8, 4) is 0 Å². The summed E-state index contributed by atoms with van der Waals surface area (Å²) in [7, 11) is 0. The van der Waals surface area contributed by atoms with Gasteiger partial charge in [0.2, 0.25) is 0 Å². The number of thioether (sulfide) groups is 1. The van der Waals surface area contributed by atoms with Crippen LogP contribution in [0, 0.1) is 5.41 Å². The number of hydrogen-bond acceptors (Lipinski definition) is 4. The fraction of sp³-hybridized carbons (Fsp3) is 1.00. The molecule has 2 fully saturated rings. The maximum absolute atomic E-state index is 5.68. The molecule has 2 unspecified atom stereocenters. The van der Waals surface area contributed by atoms with E-state index in [0.29, 0.717) is 17.6 Å². The number of ether oxygens (including phenoxy) is 2. The van der Waals surface area contributed by atoms with E-state index in [0.717, 1.165) is 32.8 Å². The topological polar surface area (TPSA) is 30.5 Å². The molecule has 0 amide bonds. The molecular weight excluding hydrogens is 258 g/mol. The van der Waals surface area contributed by atoms with Crippen LogP contribution in [0.15, 0.2) is 0 Å². The summed E-state index contributed by atoms with van der Waals surface area (Å²) in [6, 6.07) is 0.687. The number of nitrogens with one attached hydrogen (secondary N) is 1. The quantitative estimate of drug-likeness (QED) is 0.729. The molecule has 0 radical (unpaired) electrons. The molecule has 0 aromatic carbocycles. The fourth-order valence-corrected chi connectivity index (χ4v) is 4.17. The lowest BCUT2D eigenvalue weighted by atomic mass is 9.88. The Hall–Kier alpha value is 0.230. The molecule has 2 aliphatic heterocycles. The molecule has 0 aromatic rings. The molecule has 1 N–H and O–H groups in total. The summed E-state index contributed by atoms with van der Waals surface area (Å²) in [6.45, 7) is 8.39. The van der Waals surface area contributed by atoms with E-state index in [-0.39, 0.29) is 0 Å². The molecule has 0 aromatic heterocycles. The van der Waals surface area contributed by atoms with E-state index in [9.17, 15) is 0 Å². The summed E-state index contributed by atoms with van der Waals surface area (Å²) >= 11 is 2.08. The van der Waals surface area contributed by atoms with Crippen molar-refractivity contribution in [2.24, 2.45) is 5.41 Å². The van der Waals surface area contributed by atoms with Crippen molar-refractivity contribution in [2.45, 2.75) is 51.7 Å². The third-order valence-electron chi connectivity index (χ3n) is 3.84. The number of rotatable bonds is 7. The molecule has 2 atom stereocenters. The van der Waals surface area contributed by atoms with Gasteiger partial charge in [-0.2, -0.15) is 11.8 Å². The van der Waals surface area contributed by atoms with E-state index < -0.39 is 0 Å². The van der Waals surface area contributed by atoms with E-state index in [1.54, 1.807) is 0 Å². The van der Waals surface area contributed by atoms with Gasteiger partial charge in [-0.15, -0.1) is 0 Å². The highest BCUT2D eigenvalue weighted by atomic mass is 32.2. The molecule has 0 saturated carbocycles. The Kier molecular flexibility index (Phi) is 6.46. The van der Waals surface area contributed by atoms with Crippen molar-refractivity contribution in [2.75, 3.05) is 37.9 Å². The summed E-state index contributed by atoms with van der Waals surface area (Å²) in [5.41, 5.74) is 0.497. The van der Waals surface area contributed by atoms with E-state index >= 15 is 0 Å². The van der Waals surface area contributed by atoms with Crippen LogP contribution in [0.3, 0.4) is 0 Å². The normalized spacial score (nSPS) is 30.6. The Balaban J connectivity index is 1.45. The molecule has 3 nitrogen and oxygen atoms in total. The average Bonchev–Trinajstić information content (AvgIpc) is 2.85. The lowest BCUT2D eigenvalue weighted by Crippen LogP contribution is -2.40. The molecule has 0 spiro atoms. The van der Waals surface area contributed by atoms with Gasteiger partial charge in [-0.05, 0) is 43.4 Å². The van der Waals surface area contributed by atoms with Crippen molar-refractivity contribution in [3.05, 3.63) is 0 Å². The summed E-state index contributed by atoms with van der Waals surface area (Å²) in [6.07, 6.45) is 5.14. The van der Waals surface area contributed by atoms with Crippen LogP contribution < -0.4 is 5.32 Å². The molecule has 19 heavy (non-hydrogen) atoms. The van der Waals surface area contributed by atoms with Crippen LogP contribution in [0.25, 0.3) is 0 Å². The zero-order valence-electron chi connectivity index (χ0n) is 12.5. The monoisotopic (exact) mass is 287 g/mol. The van der Waals surface area contributed by atoms with Gasteiger partial charge in [0.15, 0.2) is 0 Å². The van der Waals surface area contributed by atoms with Crippen LogP contribution in [0.2, 0.25) is 0 Å². The van der Waals surface area contributed by atoms with Gasteiger partial charge in [0, 0.05) is 25.0 Å². The first kappa shape index (κ1) is 15.6. The van der Waals surface area contributed by atoms with E-state index in [4.69, 9.17) is 9.47 Å². The van der Waals surface area contributed by atoms with Crippen LogP contribution >= 0.6 is 11.8 Å². The molecule has 0 aliphatic carbocycles. The Morgan fingerprint density at radius 3 is 3.05 bits per heavy atom. The Bertz CT molecular complexity index is 255. The van der Waals surface area contributed by atoms with Crippen molar-refractivity contribution in [1.82, 2.24) is 5.32 Å². The van der Waals surface area contributed by atoms with Gasteiger partial charge < -0.3 is 14.8 Å². The highest BCUT2D eigenvalue weighted by Crippen LogP contribution is 2.33. The molecular formula is C15H29NO2S. The second-order valence-corrected chi connectivity index (χ2v) is 7.63. The molecule has 0 bridgehead atoms. The third kappa shape index (κ3) is 6.03. The van der Waals surface area contributed by atoms with E-state index in [1.807, 2.05) is 0 Å². The summed E-state index contributed by atoms with van der Waals surface area (Å²) in [4.78, 5) is 0. The van der Waals surface area contributed by atoms with Crippen LogP contribution in [0.4, 0.5) is 0 Å². The second-order valence-electron chi connectivity index (χ2n) is 6.60. The summed E-state index contributed by atoms with van der Waals surface area (Å²) in [5.74, 6) is 2.57. The Morgan fingerprint density at radius 1 is 1.42 bits per heavy atom. The zero-order valence-corrected chi connectivity index (χ0v) is 13.3. The van der Waals surface area contributed by atoms with Crippen LogP contribution in [-0.2, 0) is 9.47 Å². The smallest absolute Gasteiger partial charge is 0.0809 e. The van der Waals surface area contributed by atoms with Gasteiger partial charge >= 0.3 is 0 Å². The highest BCUT2D eigenvalue weighted by Gasteiger charge is 2.27. The maximum Gasteiger partial charge on any atom is 0.0809 e. The molecule has 2 saturated heterocycles. The van der Waals surface area contributed by atoms with Gasteiger partial charge in [-0.1, -0.05) is 13.8 Å². The largest absolute Gasteiger partial charge is 0.379 e. The highest BCUT2D eigenvalue weighted by molar-refractivity contribution is 7.99. The lowest BCUT2D eigenvalue weighted by molar-refractivity contribution is 0.0165. The van der Waals surface area contributed by atoms with Crippen LogP contribution in [0.5, 0.6) is 0 Å². The van der Waals surface area contributed by atoms with Gasteiger partial charge in [-0.3, -0.25) is 0 Å². The average molecular weight is 287 g/mol. The zero-order chi connectivity index (χ0) is 13.6. The molecule has 4 heteroatoms. The number of hydrogen-bond donors (Lipinski definition) is 1. The van der Waals surface area contributed by atoms with Gasteiger partial charge in [0.1, 0.15) is 0 Å². The predicted molar refractivity (Wildman–Crippen MR) is 81.9 cm³/mol. The first-order valence-electron chi connectivity index (χ1n) is 7.66. The molecule has 2 aliphatic rings. The van der Waals surface area contributed by atoms with E-state index in [2.05, 4.69) is 30.9 Å². The first-order chi connectivity index (χ1) is 9.16. The first-order valence-corrected chi connectivity index (χ1v) is 8.82. The van der Waals surface area contributed by atoms with Gasteiger partial charge in [0.05, 0.1) is 12.7 Å². The van der Waals surface area contributed by atoms with Crippen molar-refractivity contribution in [3.63, 3.8) is 0 Å². The molecule has 112 valence electrons. The Morgan fingerprint density at radius 2 is 2.32 bits per heavy atom. The van der Waals surface area contributed by atoms with Crippen molar-refractivity contribution >= 4 is 11.8 Å². The van der Waals surface area contributed by atoms with Gasteiger partial charge in [0.25, 0.3) is 0 Å². The maximum atomic E-state index is 5.68. The molecule has 2 heterocycles. The predicted octanol–water partition coefficient (Wildman–Crippen LogP) is 2.69. The van der Waals surface area contributed by atoms with Crippen molar-refractivity contribution in [1.29, 1.82) is 0 Å². The SMILES string of the molecule is CC1(C)CSCC(NCCCOCC2CCCO2)C1.